The largest absolute Gasteiger partial charge is 0.478 e. The van der Waals surface area contributed by atoms with Gasteiger partial charge < -0.3 is 4.74 Å². The molecule has 92 valence electrons. The summed E-state index contributed by atoms with van der Waals surface area (Å²) in [6.45, 7) is 7.54. The summed E-state index contributed by atoms with van der Waals surface area (Å²) in [7, 11) is 0. The number of hydrogen-bond acceptors (Lipinski definition) is 2. The van der Waals surface area contributed by atoms with Crippen molar-refractivity contribution >= 4 is 28.5 Å². The Labute approximate surface area is 112 Å². The normalized spacial score (nSPS) is 29.0. The van der Waals surface area contributed by atoms with Gasteiger partial charge in [0.1, 0.15) is 6.61 Å². The highest BCUT2D eigenvalue weighted by Gasteiger charge is 2.43. The van der Waals surface area contributed by atoms with Crippen molar-refractivity contribution in [1.29, 1.82) is 0 Å². The van der Waals surface area contributed by atoms with Gasteiger partial charge in [-0.05, 0) is 18.3 Å². The van der Waals surface area contributed by atoms with E-state index in [9.17, 15) is 0 Å². The van der Waals surface area contributed by atoms with Crippen LogP contribution in [0, 0.1) is 10.8 Å². The first-order chi connectivity index (χ1) is 7.48. The second kappa shape index (κ2) is 4.46. The molecule has 1 saturated carbocycles. The van der Waals surface area contributed by atoms with Gasteiger partial charge in [-0.1, -0.05) is 56.2 Å². The van der Waals surface area contributed by atoms with Crippen molar-refractivity contribution in [2.24, 2.45) is 15.8 Å². The second-order valence-corrected chi connectivity index (χ2v) is 7.01. The molecule has 2 rings (SSSR count). The van der Waals surface area contributed by atoms with Crippen LogP contribution < -0.4 is 0 Å². The summed E-state index contributed by atoms with van der Waals surface area (Å²) in [6, 6.07) is 0.350. The maximum absolute atomic E-state index is 5.92. The van der Waals surface area contributed by atoms with Gasteiger partial charge >= 0.3 is 0 Å². The van der Waals surface area contributed by atoms with E-state index in [1.807, 2.05) is 0 Å². The lowest BCUT2D eigenvalue weighted by atomic mass is 9.87. The summed E-state index contributed by atoms with van der Waals surface area (Å²) < 4.78 is 7.07. The van der Waals surface area contributed by atoms with Gasteiger partial charge in [-0.25, -0.2) is 4.99 Å². The first-order valence-electron chi connectivity index (χ1n) is 6.25. The fraction of sp³-hybridized carbons (Fsp3) is 0.923. The molecule has 0 amide bonds. The molecule has 0 saturated heterocycles. The van der Waals surface area contributed by atoms with Gasteiger partial charge in [-0.3, -0.25) is 0 Å². The van der Waals surface area contributed by atoms with E-state index in [2.05, 4.69) is 43.4 Å². The minimum Gasteiger partial charge on any atom is -0.478 e. The molecule has 0 bridgehead atoms. The van der Waals surface area contributed by atoms with Crippen molar-refractivity contribution < 1.29 is 4.74 Å². The molecule has 2 nitrogen and oxygen atoms in total. The first-order valence-corrected chi connectivity index (χ1v) is 7.78. The minimum atomic E-state index is 0.229. The summed E-state index contributed by atoms with van der Waals surface area (Å²) in [5, 5.41) is 0. The lowest BCUT2D eigenvalue weighted by Gasteiger charge is -2.25. The van der Waals surface area contributed by atoms with Crippen LogP contribution in [0.5, 0.6) is 0 Å². The van der Waals surface area contributed by atoms with Crippen molar-refractivity contribution in [2.75, 3.05) is 11.0 Å². The van der Waals surface area contributed by atoms with E-state index in [-0.39, 0.29) is 10.8 Å². The second-order valence-electron chi connectivity index (χ2n) is 6.25. The minimum absolute atomic E-state index is 0.229. The van der Waals surface area contributed by atoms with Gasteiger partial charge in [-0.2, -0.15) is 0 Å². The zero-order valence-electron chi connectivity index (χ0n) is 10.6. The molecular weight excluding hydrogens is 313 g/mol. The molecule has 0 radical (unpaired) electrons. The van der Waals surface area contributed by atoms with Crippen LogP contribution in [0.1, 0.15) is 46.5 Å². The number of ether oxygens (including phenoxy) is 1. The monoisotopic (exact) mass is 335 g/mol. The van der Waals surface area contributed by atoms with E-state index in [0.717, 1.165) is 16.9 Å². The molecule has 0 N–H and O–H groups in total. The molecule has 0 spiro atoms. The fourth-order valence-electron chi connectivity index (χ4n) is 2.56. The molecule has 1 aliphatic carbocycles. The predicted octanol–water partition coefficient (Wildman–Crippen LogP) is 3.83. The molecular formula is C13H22INO. The molecule has 1 aliphatic heterocycles. The predicted molar refractivity (Wildman–Crippen MR) is 76.4 cm³/mol. The number of alkyl halides is 1. The quantitative estimate of drug-likeness (QED) is 0.555. The molecule has 1 fully saturated rings. The molecule has 2 aliphatic rings. The molecule has 3 heteroatoms. The zero-order valence-corrected chi connectivity index (χ0v) is 12.7. The highest BCUT2D eigenvalue weighted by atomic mass is 127. The number of nitrogens with zero attached hydrogens (tertiary/aromatic N) is 1. The lowest BCUT2D eigenvalue weighted by Crippen LogP contribution is -2.30. The number of hydrogen-bond donors (Lipinski definition) is 0. The van der Waals surface area contributed by atoms with E-state index in [1.54, 1.807) is 0 Å². The Morgan fingerprint density at radius 3 is 2.44 bits per heavy atom. The first kappa shape index (κ1) is 12.7. The van der Waals surface area contributed by atoms with E-state index in [1.165, 1.54) is 25.7 Å². The van der Waals surface area contributed by atoms with Crippen LogP contribution in [0.15, 0.2) is 4.99 Å². The Bertz CT molecular complexity index is 287. The summed E-state index contributed by atoms with van der Waals surface area (Å²) >= 11 is 2.50. The number of aliphatic imine (C=N–C) groups is 1. The van der Waals surface area contributed by atoms with Gasteiger partial charge in [0.05, 0.1) is 11.5 Å². The topological polar surface area (TPSA) is 21.6 Å². The molecule has 1 atom stereocenters. The van der Waals surface area contributed by atoms with Crippen LogP contribution in [0.4, 0.5) is 0 Å². The lowest BCUT2D eigenvalue weighted by molar-refractivity contribution is 0.220. The van der Waals surface area contributed by atoms with E-state index in [0.29, 0.717) is 6.04 Å². The van der Waals surface area contributed by atoms with Crippen LogP contribution in [0.3, 0.4) is 0 Å². The smallest absolute Gasteiger partial charge is 0.190 e. The summed E-state index contributed by atoms with van der Waals surface area (Å²) in [5.41, 5.74) is 0.507. The van der Waals surface area contributed by atoms with Crippen molar-refractivity contribution in [3.63, 3.8) is 0 Å². The zero-order chi connectivity index (χ0) is 11.8. The Morgan fingerprint density at radius 2 is 2.00 bits per heavy atom. The molecule has 1 unspecified atom stereocenters. The Morgan fingerprint density at radius 1 is 1.38 bits per heavy atom. The van der Waals surface area contributed by atoms with E-state index >= 15 is 0 Å². The van der Waals surface area contributed by atoms with Crippen LogP contribution in [0.25, 0.3) is 0 Å². The number of halogens is 1. The van der Waals surface area contributed by atoms with Gasteiger partial charge in [0, 0.05) is 4.43 Å². The molecule has 1 heterocycles. The van der Waals surface area contributed by atoms with Crippen LogP contribution >= 0.6 is 22.6 Å². The third-order valence-electron chi connectivity index (χ3n) is 3.92. The average molecular weight is 335 g/mol. The van der Waals surface area contributed by atoms with Crippen LogP contribution in [-0.2, 0) is 4.74 Å². The van der Waals surface area contributed by atoms with Gasteiger partial charge in [-0.15, -0.1) is 0 Å². The van der Waals surface area contributed by atoms with Gasteiger partial charge in [0.2, 0.25) is 0 Å². The van der Waals surface area contributed by atoms with Crippen molar-refractivity contribution in [3.8, 4) is 0 Å². The van der Waals surface area contributed by atoms with Crippen molar-refractivity contribution in [1.82, 2.24) is 0 Å². The third-order valence-corrected chi connectivity index (χ3v) is 5.38. The summed E-state index contributed by atoms with van der Waals surface area (Å²) in [5.74, 6) is 1.07. The van der Waals surface area contributed by atoms with Crippen LogP contribution in [-0.4, -0.2) is 23.0 Å². The highest BCUT2D eigenvalue weighted by Crippen LogP contribution is 2.43. The summed E-state index contributed by atoms with van der Waals surface area (Å²) in [4.78, 5) is 4.87. The van der Waals surface area contributed by atoms with E-state index in [4.69, 9.17) is 9.73 Å². The molecule has 0 aromatic rings. The highest BCUT2D eigenvalue weighted by molar-refractivity contribution is 14.1. The maximum Gasteiger partial charge on any atom is 0.190 e. The standard InChI is InChI=1S/C13H22INO/c1-12(2,3)10-8-16-11(15-10)13(9-14)6-4-5-7-13/h10H,4-9H2,1-3H3. The molecule has 0 aromatic heterocycles. The van der Waals surface area contributed by atoms with E-state index < -0.39 is 0 Å². The maximum atomic E-state index is 5.92. The molecule has 0 aromatic carbocycles. The third kappa shape index (κ3) is 2.24. The summed E-state index contributed by atoms with van der Waals surface area (Å²) in [6.07, 6.45) is 5.22. The molecule has 16 heavy (non-hydrogen) atoms. The Hall–Kier alpha value is 0.200. The van der Waals surface area contributed by atoms with Crippen LogP contribution in [0.2, 0.25) is 0 Å². The van der Waals surface area contributed by atoms with Crippen molar-refractivity contribution in [2.45, 2.75) is 52.5 Å². The van der Waals surface area contributed by atoms with Gasteiger partial charge in [0.15, 0.2) is 5.90 Å². The SMILES string of the molecule is CC(C)(C)C1COC(C2(CI)CCCC2)=N1. The average Bonchev–Trinajstić information content (AvgIpc) is 2.86. The fourth-order valence-corrected chi connectivity index (χ4v) is 3.65. The number of rotatable bonds is 2. The van der Waals surface area contributed by atoms with Crippen molar-refractivity contribution in [3.05, 3.63) is 0 Å². The Kier molecular flexibility index (Phi) is 3.53. The van der Waals surface area contributed by atoms with Gasteiger partial charge in [0.25, 0.3) is 0 Å². The Balaban J connectivity index is 2.16.